The van der Waals surface area contributed by atoms with Gasteiger partial charge in [-0.15, -0.1) is 0 Å². The Hall–Kier alpha value is -4.36. The van der Waals surface area contributed by atoms with Gasteiger partial charge in [0.25, 0.3) is 0 Å². The fourth-order valence-corrected chi connectivity index (χ4v) is 6.52. The van der Waals surface area contributed by atoms with E-state index < -0.39 is 57.4 Å². The first kappa shape index (κ1) is 36.1. The molecular weight excluding hydrogens is 596 g/mol. The van der Waals surface area contributed by atoms with Crippen molar-refractivity contribution in [3.8, 4) is 11.5 Å². The molecule has 46 heavy (non-hydrogen) atoms. The van der Waals surface area contributed by atoms with E-state index in [4.69, 9.17) is 14.9 Å². The maximum Gasteiger partial charge on any atom is 0.316 e. The lowest BCUT2D eigenvalue weighted by Gasteiger charge is -2.52. The lowest BCUT2D eigenvalue weighted by molar-refractivity contribution is -0.386. The molecule has 1 heterocycles. The Morgan fingerprint density at radius 3 is 2.39 bits per heavy atom. The number of aliphatic hydroxyl groups is 1. The molecule has 5 N–H and O–H groups in total. The third kappa shape index (κ3) is 7.20. The van der Waals surface area contributed by atoms with E-state index in [1.54, 1.807) is 45.9 Å². The Labute approximate surface area is 268 Å². The van der Waals surface area contributed by atoms with Crippen LogP contribution in [0.5, 0.6) is 11.5 Å². The monoisotopic (exact) mass is 640 g/mol. The fraction of sp³-hybridized carbons (Fsp3) is 0.515. The van der Waals surface area contributed by atoms with Gasteiger partial charge in [-0.3, -0.25) is 24.7 Å². The topological polar surface area (TPSA) is 205 Å². The molecule has 0 amide bonds. The molecule has 5 unspecified atom stereocenters. The molecule has 0 spiro atoms. The van der Waals surface area contributed by atoms with Crippen molar-refractivity contribution in [1.82, 2.24) is 5.32 Å². The smallest absolute Gasteiger partial charge is 0.316 e. The molecule has 5 atom stereocenters. The van der Waals surface area contributed by atoms with Crippen molar-refractivity contribution in [2.24, 2.45) is 21.7 Å². The predicted molar refractivity (Wildman–Crippen MR) is 172 cm³/mol. The largest absolute Gasteiger partial charge is 0.491 e. The van der Waals surface area contributed by atoms with E-state index in [0.29, 0.717) is 30.7 Å². The lowest BCUT2D eigenvalue weighted by atomic mass is 9.50. The van der Waals surface area contributed by atoms with Crippen LogP contribution in [-0.2, 0) is 9.59 Å². The van der Waals surface area contributed by atoms with E-state index in [2.05, 4.69) is 10.3 Å². The summed E-state index contributed by atoms with van der Waals surface area (Å²) in [4.78, 5) is 42.3. The van der Waals surface area contributed by atoms with Gasteiger partial charge in [0.15, 0.2) is 0 Å². The Morgan fingerprint density at radius 2 is 1.83 bits per heavy atom. The number of nitro benzene ring substituents is 1. The summed E-state index contributed by atoms with van der Waals surface area (Å²) in [6.07, 6.45) is 1.11. The quantitative estimate of drug-likeness (QED) is 0.0709. The molecule has 250 valence electrons. The number of hydrogen-bond donors (Lipinski definition) is 5. The summed E-state index contributed by atoms with van der Waals surface area (Å²) < 4.78 is 11.6. The van der Waals surface area contributed by atoms with Crippen LogP contribution in [0.15, 0.2) is 47.5 Å². The molecule has 13 heteroatoms. The molecule has 0 saturated carbocycles. The molecule has 1 aliphatic heterocycles. The maximum absolute atomic E-state index is 13.2. The van der Waals surface area contributed by atoms with Gasteiger partial charge in [-0.25, -0.2) is 0 Å². The number of carboxylic acid groups (broad SMARTS) is 2. The number of hydrogen-bond acceptors (Lipinski definition) is 10. The third-order valence-corrected chi connectivity index (χ3v) is 8.83. The summed E-state index contributed by atoms with van der Waals surface area (Å²) in [6.45, 7) is 8.76. The van der Waals surface area contributed by atoms with Crippen LogP contribution in [0.4, 0.5) is 5.69 Å². The SMILES string of the molecule is Cc1cc(C2C(C)(C(=O)O)C(C=N)=NC(C)C2(C(=O)O)C(C)C)c(OCCCCNCC(O)COc2ccccc2)c([N+](=O)[O-])c1. The van der Waals surface area contributed by atoms with E-state index in [-0.39, 0.29) is 36.8 Å². The van der Waals surface area contributed by atoms with Crippen molar-refractivity contribution >= 4 is 29.6 Å². The number of aliphatic hydroxyl groups excluding tert-OH is 1. The van der Waals surface area contributed by atoms with Gasteiger partial charge in [0.1, 0.15) is 29.3 Å². The predicted octanol–water partition coefficient (Wildman–Crippen LogP) is 4.49. The highest BCUT2D eigenvalue weighted by Crippen LogP contribution is 2.60. The van der Waals surface area contributed by atoms with Gasteiger partial charge in [-0.1, -0.05) is 38.1 Å². The highest BCUT2D eigenvalue weighted by molar-refractivity contribution is 6.37. The first-order valence-corrected chi connectivity index (χ1v) is 15.3. The fourth-order valence-electron chi connectivity index (χ4n) is 6.52. The molecule has 1 aliphatic rings. The Balaban J connectivity index is 1.87. The molecular formula is C33H44N4O9. The minimum Gasteiger partial charge on any atom is -0.491 e. The van der Waals surface area contributed by atoms with Gasteiger partial charge in [-0.05, 0) is 63.8 Å². The average Bonchev–Trinajstić information content (AvgIpc) is 3.00. The van der Waals surface area contributed by atoms with E-state index in [9.17, 15) is 35.0 Å². The number of nitrogens with one attached hydrogen (secondary N) is 2. The molecule has 0 radical (unpaired) electrons. The molecule has 0 aliphatic carbocycles. The number of aryl methyl sites for hydroxylation is 1. The number of aliphatic carboxylic acids is 2. The number of carbonyl (C=O) groups is 2. The standard InChI is InChI=1S/C33H44N4O9/c1-20(2)33(31(41)42)22(4)36-27(17-34)32(5,30(39)40)29(33)25-15-21(3)16-26(37(43)44)28(25)45-14-10-9-13-35-18-23(38)19-46-24-11-7-6-8-12-24/h6-8,11-12,15-17,20,22-23,29,34-35,38H,9-10,13-14,18-19H2,1-5H3,(H,39,40)(H,41,42). The first-order chi connectivity index (χ1) is 21.7. The van der Waals surface area contributed by atoms with Gasteiger partial charge < -0.3 is 35.5 Å². The summed E-state index contributed by atoms with van der Waals surface area (Å²) in [5.41, 5.74) is -3.87. The summed E-state index contributed by atoms with van der Waals surface area (Å²) in [7, 11) is 0. The summed E-state index contributed by atoms with van der Waals surface area (Å²) >= 11 is 0. The van der Waals surface area contributed by atoms with Crippen LogP contribution < -0.4 is 14.8 Å². The molecule has 3 rings (SSSR count). The zero-order valence-electron chi connectivity index (χ0n) is 26.9. The molecule has 0 aromatic heterocycles. The Bertz CT molecular complexity index is 1450. The van der Waals surface area contributed by atoms with Crippen molar-refractivity contribution in [2.75, 3.05) is 26.3 Å². The van der Waals surface area contributed by atoms with Crippen LogP contribution >= 0.6 is 0 Å². The number of nitro groups is 1. The van der Waals surface area contributed by atoms with Crippen LogP contribution in [0, 0.1) is 39.2 Å². The Kier molecular flexibility index (Phi) is 12.0. The van der Waals surface area contributed by atoms with Gasteiger partial charge in [-0.2, -0.15) is 0 Å². The van der Waals surface area contributed by atoms with Crippen LogP contribution in [0.25, 0.3) is 0 Å². The average molecular weight is 641 g/mol. The van der Waals surface area contributed by atoms with E-state index in [1.165, 1.54) is 13.0 Å². The summed E-state index contributed by atoms with van der Waals surface area (Å²) in [5.74, 6) is -4.28. The van der Waals surface area contributed by atoms with Crippen LogP contribution in [0.1, 0.15) is 57.6 Å². The number of rotatable bonds is 17. The number of para-hydroxylation sites is 1. The second-order valence-electron chi connectivity index (χ2n) is 12.2. The van der Waals surface area contributed by atoms with Crippen molar-refractivity contribution in [3.05, 3.63) is 63.7 Å². The normalized spacial score (nSPS) is 23.3. The summed E-state index contributed by atoms with van der Waals surface area (Å²) in [6, 6.07) is 11.0. The molecule has 0 fully saturated rings. The first-order valence-electron chi connectivity index (χ1n) is 15.3. The number of benzene rings is 2. The molecule has 2 aromatic rings. The Morgan fingerprint density at radius 1 is 1.15 bits per heavy atom. The van der Waals surface area contributed by atoms with Crippen molar-refractivity contribution < 1.29 is 39.3 Å². The van der Waals surface area contributed by atoms with Crippen LogP contribution in [0.3, 0.4) is 0 Å². The zero-order chi connectivity index (χ0) is 34.2. The zero-order valence-corrected chi connectivity index (χ0v) is 26.9. The van der Waals surface area contributed by atoms with Gasteiger partial charge >= 0.3 is 17.6 Å². The van der Waals surface area contributed by atoms with Crippen LogP contribution in [0.2, 0.25) is 0 Å². The number of aliphatic imine (C=N–C) groups is 1. The highest BCUT2D eigenvalue weighted by Gasteiger charge is 2.66. The molecule has 0 saturated heterocycles. The van der Waals surface area contributed by atoms with Crippen LogP contribution in [-0.4, -0.2) is 82.6 Å². The van der Waals surface area contributed by atoms with Gasteiger partial charge in [0, 0.05) is 30.3 Å². The van der Waals surface area contributed by atoms with Gasteiger partial charge in [0.2, 0.25) is 5.75 Å². The summed E-state index contributed by atoms with van der Waals surface area (Å²) in [5, 5.41) is 55.0. The molecule has 0 bridgehead atoms. The number of carboxylic acids is 2. The number of nitrogens with zero attached hydrogens (tertiary/aromatic N) is 2. The van der Waals surface area contributed by atoms with E-state index in [1.807, 2.05) is 18.2 Å². The third-order valence-electron chi connectivity index (χ3n) is 8.83. The lowest BCUT2D eigenvalue weighted by Crippen LogP contribution is -2.61. The van der Waals surface area contributed by atoms with Gasteiger partial charge in [0.05, 0.1) is 23.3 Å². The molecule has 13 nitrogen and oxygen atoms in total. The second kappa shape index (κ2) is 15.3. The maximum atomic E-state index is 13.2. The van der Waals surface area contributed by atoms with Crippen molar-refractivity contribution in [2.45, 2.75) is 65.5 Å². The number of unbranched alkanes of at least 4 members (excludes halogenated alkanes) is 1. The van der Waals surface area contributed by atoms with E-state index >= 15 is 0 Å². The molecule has 2 aromatic carbocycles. The van der Waals surface area contributed by atoms with Crippen molar-refractivity contribution in [3.63, 3.8) is 0 Å². The minimum atomic E-state index is -2.02. The van der Waals surface area contributed by atoms with E-state index in [0.717, 1.165) is 6.21 Å². The minimum absolute atomic E-state index is 0.0254. The second-order valence-corrected chi connectivity index (χ2v) is 12.2. The highest BCUT2D eigenvalue weighted by atomic mass is 16.6. The van der Waals surface area contributed by atoms with Crippen molar-refractivity contribution in [1.29, 1.82) is 5.41 Å². The number of ether oxygens (including phenoxy) is 2.